The Morgan fingerprint density at radius 3 is 1.37 bits per heavy atom. The van der Waals surface area contributed by atoms with Crippen LogP contribution in [0.3, 0.4) is 0 Å². The molecule has 260 valence electrons. The number of benzene rings is 3. The second kappa shape index (κ2) is 12.3. The van der Waals surface area contributed by atoms with Gasteiger partial charge in [-0.2, -0.15) is 0 Å². The van der Waals surface area contributed by atoms with Crippen LogP contribution in [0.4, 0.5) is 0 Å². The van der Waals surface area contributed by atoms with Gasteiger partial charge in [0.05, 0.1) is 45.1 Å². The number of aryl methyl sites for hydroxylation is 2. The molecule has 7 rings (SSSR count). The summed E-state index contributed by atoms with van der Waals surface area (Å²) >= 11 is 0. The summed E-state index contributed by atoms with van der Waals surface area (Å²) in [5.41, 5.74) is 2.83. The van der Waals surface area contributed by atoms with E-state index in [9.17, 15) is 21.9 Å². The van der Waals surface area contributed by atoms with Gasteiger partial charge in [0, 0.05) is 0 Å². The first-order valence-electron chi connectivity index (χ1n) is 17.4. The van der Waals surface area contributed by atoms with Crippen molar-refractivity contribution in [3.63, 3.8) is 0 Å². The number of phenols is 1. The number of amidine groups is 2. The van der Waals surface area contributed by atoms with Gasteiger partial charge in [0.25, 0.3) is 20.0 Å². The molecule has 2 fully saturated rings. The summed E-state index contributed by atoms with van der Waals surface area (Å²) in [5, 5.41) is 12.3. The fourth-order valence-electron chi connectivity index (χ4n) is 7.79. The number of aliphatic imine (C=N–C) groups is 2. The lowest BCUT2D eigenvalue weighted by Gasteiger charge is -2.34. The quantitative estimate of drug-likeness (QED) is 0.302. The summed E-state index contributed by atoms with van der Waals surface area (Å²) in [6.45, 7) is 9.96. The standard InChI is InChI=1S/C38H46N4O5S2/c1-24-14-18-27(19-15-24)48(44,45)41-33-12-8-6-10-31(33)39-36(41)29-22-26(38(3,4)5)23-30(35(29)43)37-40-32-11-7-9-13-34(32)42(37)49(46,47)28-20-16-25(2)17-21-28/h14-23,31-34,43H,6-13H2,1-5H3/t31-,32-,33-,34-/m0/s1. The zero-order chi connectivity index (χ0) is 34.9. The predicted octanol–water partition coefficient (Wildman–Crippen LogP) is 6.83. The minimum atomic E-state index is -4.06. The molecule has 0 spiro atoms. The molecule has 2 aliphatic carbocycles. The predicted molar refractivity (Wildman–Crippen MR) is 192 cm³/mol. The Morgan fingerprint density at radius 2 is 1.00 bits per heavy atom. The fraction of sp³-hybridized carbons (Fsp3) is 0.474. The van der Waals surface area contributed by atoms with Gasteiger partial charge in [-0.15, -0.1) is 0 Å². The van der Waals surface area contributed by atoms with Crippen LogP contribution in [0.15, 0.2) is 80.4 Å². The normalized spacial score (nSPS) is 24.3. The van der Waals surface area contributed by atoms with E-state index in [2.05, 4.69) is 0 Å². The third kappa shape index (κ3) is 5.86. The average Bonchev–Trinajstić information content (AvgIpc) is 3.65. The minimum absolute atomic E-state index is 0.170. The van der Waals surface area contributed by atoms with Gasteiger partial charge in [-0.1, -0.05) is 81.8 Å². The lowest BCUT2D eigenvalue weighted by Crippen LogP contribution is -2.46. The van der Waals surface area contributed by atoms with Gasteiger partial charge in [0.15, 0.2) is 0 Å². The molecule has 0 saturated heterocycles. The van der Waals surface area contributed by atoms with Crippen LogP contribution in [-0.4, -0.2) is 66.4 Å². The summed E-state index contributed by atoms with van der Waals surface area (Å²) in [5.74, 6) is 0.188. The molecule has 0 amide bonds. The summed E-state index contributed by atoms with van der Waals surface area (Å²) in [4.78, 5) is 10.4. The van der Waals surface area contributed by atoms with E-state index in [1.54, 1.807) is 48.5 Å². The van der Waals surface area contributed by atoms with Gasteiger partial charge in [0.1, 0.15) is 17.4 Å². The van der Waals surface area contributed by atoms with E-state index >= 15 is 0 Å². The van der Waals surface area contributed by atoms with E-state index in [0.29, 0.717) is 12.8 Å². The van der Waals surface area contributed by atoms with Crippen LogP contribution in [0.25, 0.3) is 0 Å². The van der Waals surface area contributed by atoms with Crippen molar-refractivity contribution in [1.82, 2.24) is 8.61 Å². The van der Waals surface area contributed by atoms with Crippen molar-refractivity contribution >= 4 is 31.7 Å². The van der Waals surface area contributed by atoms with Crippen LogP contribution in [0.5, 0.6) is 5.75 Å². The number of sulfonamides is 2. The van der Waals surface area contributed by atoms with Gasteiger partial charge in [0.2, 0.25) is 0 Å². The number of nitrogens with zero attached hydrogens (tertiary/aromatic N) is 4. The number of fused-ring (bicyclic) bond motifs is 2. The van der Waals surface area contributed by atoms with Crippen LogP contribution >= 0.6 is 0 Å². The van der Waals surface area contributed by atoms with Crippen molar-refractivity contribution in [2.45, 2.75) is 125 Å². The SMILES string of the molecule is Cc1ccc(S(=O)(=O)N2C(c3cc(C(C)(C)C)cc(C4=N[C@H]5CCCC[C@@H]5N4S(=O)(=O)c4ccc(C)cc4)c3O)=N[C@H]3CCCC[C@@H]32)cc1. The summed E-state index contributed by atoms with van der Waals surface area (Å²) < 4.78 is 60.9. The smallest absolute Gasteiger partial charge is 0.265 e. The molecule has 0 unspecified atom stereocenters. The molecule has 9 nitrogen and oxygen atoms in total. The molecule has 0 bridgehead atoms. The molecule has 0 aromatic heterocycles. The number of phenolic OH excluding ortho intramolecular Hbond substituents is 1. The third-order valence-electron chi connectivity index (χ3n) is 10.6. The van der Waals surface area contributed by atoms with Gasteiger partial charge < -0.3 is 5.11 Å². The summed E-state index contributed by atoms with van der Waals surface area (Å²) in [7, 11) is -8.11. The highest BCUT2D eigenvalue weighted by Gasteiger charge is 2.48. The van der Waals surface area contributed by atoms with E-state index in [0.717, 1.165) is 55.2 Å². The first kappa shape index (κ1) is 33.8. The third-order valence-corrected chi connectivity index (χ3v) is 14.3. The van der Waals surface area contributed by atoms with Crippen LogP contribution < -0.4 is 0 Å². The van der Waals surface area contributed by atoms with Gasteiger partial charge in [-0.3, -0.25) is 9.98 Å². The van der Waals surface area contributed by atoms with Crippen molar-refractivity contribution in [3.05, 3.63) is 88.5 Å². The zero-order valence-electron chi connectivity index (χ0n) is 28.9. The molecule has 2 heterocycles. The Labute approximate surface area is 290 Å². The van der Waals surface area contributed by atoms with E-state index in [4.69, 9.17) is 9.98 Å². The fourth-order valence-corrected chi connectivity index (χ4v) is 11.2. The molecule has 1 N–H and O–H groups in total. The highest BCUT2D eigenvalue weighted by molar-refractivity contribution is 7.90. The molecule has 4 aliphatic rings. The maximum absolute atomic E-state index is 14.5. The van der Waals surface area contributed by atoms with Crippen LogP contribution in [-0.2, 0) is 25.5 Å². The van der Waals surface area contributed by atoms with Crippen molar-refractivity contribution in [2.75, 3.05) is 0 Å². The molecular formula is C38H46N4O5S2. The van der Waals surface area contributed by atoms with Gasteiger partial charge in [-0.25, -0.2) is 25.4 Å². The van der Waals surface area contributed by atoms with Gasteiger partial charge >= 0.3 is 0 Å². The monoisotopic (exact) mass is 702 g/mol. The summed E-state index contributed by atoms with van der Waals surface area (Å²) in [6, 6.07) is 16.1. The summed E-state index contributed by atoms with van der Waals surface area (Å²) in [6.07, 6.45) is 6.48. The van der Waals surface area contributed by atoms with E-state index < -0.39 is 25.5 Å². The maximum Gasteiger partial charge on any atom is 0.265 e. The number of hydrogen-bond acceptors (Lipinski definition) is 7. The Hall–Kier alpha value is -3.70. The highest BCUT2D eigenvalue weighted by Crippen LogP contribution is 2.43. The molecule has 3 aromatic rings. The molecule has 3 aromatic carbocycles. The van der Waals surface area contributed by atoms with Crippen LogP contribution in [0.2, 0.25) is 0 Å². The van der Waals surface area contributed by atoms with Crippen molar-refractivity contribution in [1.29, 1.82) is 0 Å². The lowest BCUT2D eigenvalue weighted by atomic mass is 9.84. The topological polar surface area (TPSA) is 120 Å². The molecule has 2 saturated carbocycles. The van der Waals surface area contributed by atoms with Crippen LogP contribution in [0.1, 0.15) is 100.0 Å². The minimum Gasteiger partial charge on any atom is -0.506 e. The largest absolute Gasteiger partial charge is 0.506 e. The number of aromatic hydroxyl groups is 1. The second-order valence-corrected chi connectivity index (χ2v) is 18.8. The van der Waals surface area contributed by atoms with E-state index in [-0.39, 0.29) is 62.5 Å². The Balaban J connectivity index is 1.43. The van der Waals surface area contributed by atoms with Crippen LogP contribution in [0, 0.1) is 13.8 Å². The first-order chi connectivity index (χ1) is 23.2. The number of rotatable bonds is 6. The molecule has 49 heavy (non-hydrogen) atoms. The van der Waals surface area contributed by atoms with E-state index in [1.165, 1.54) is 8.61 Å². The molecule has 0 radical (unpaired) electrons. The Morgan fingerprint density at radius 1 is 0.633 bits per heavy atom. The first-order valence-corrected chi connectivity index (χ1v) is 20.3. The zero-order valence-corrected chi connectivity index (χ0v) is 30.6. The number of hydrogen-bond donors (Lipinski definition) is 1. The lowest BCUT2D eigenvalue weighted by molar-refractivity contribution is 0.315. The molecular weight excluding hydrogens is 657 g/mol. The average molecular weight is 703 g/mol. The van der Waals surface area contributed by atoms with Gasteiger partial charge in [-0.05, 0) is 86.9 Å². The molecule has 4 atom stereocenters. The van der Waals surface area contributed by atoms with Crippen molar-refractivity contribution in [2.24, 2.45) is 9.98 Å². The maximum atomic E-state index is 14.5. The molecule has 2 aliphatic heterocycles. The molecule has 11 heteroatoms. The van der Waals surface area contributed by atoms with Crippen molar-refractivity contribution < 1.29 is 21.9 Å². The van der Waals surface area contributed by atoms with E-state index in [1.807, 2.05) is 46.8 Å². The van der Waals surface area contributed by atoms with Crippen molar-refractivity contribution in [3.8, 4) is 5.75 Å². The Kier molecular flexibility index (Phi) is 8.45. The second-order valence-electron chi connectivity index (χ2n) is 15.1. The Bertz CT molecular complexity index is 1910. The highest BCUT2D eigenvalue weighted by atomic mass is 32.2.